The molecule has 0 fully saturated rings. The molecule has 3 aromatic rings. The second-order valence-corrected chi connectivity index (χ2v) is 5.90. The summed E-state index contributed by atoms with van der Waals surface area (Å²) in [5.41, 5.74) is 3.24. The Kier molecular flexibility index (Phi) is 4.85. The predicted octanol–water partition coefficient (Wildman–Crippen LogP) is 4.37. The number of nitriles is 1. The van der Waals surface area contributed by atoms with Gasteiger partial charge in [0, 0.05) is 11.3 Å². The number of carbonyl (C=O) groups is 1. The SMILES string of the molecule is COc1ccc(-c2c(C#N)cc(C)n2CC(=O)c2ccc(F)cc2)cc1. The van der Waals surface area contributed by atoms with Crippen LogP contribution in [0.3, 0.4) is 0 Å². The fourth-order valence-corrected chi connectivity index (χ4v) is 2.90. The first-order chi connectivity index (χ1) is 12.5. The third kappa shape index (κ3) is 3.35. The van der Waals surface area contributed by atoms with Crippen LogP contribution in [-0.2, 0) is 6.54 Å². The van der Waals surface area contributed by atoms with Crippen molar-refractivity contribution in [3.05, 3.63) is 77.2 Å². The van der Waals surface area contributed by atoms with Crippen molar-refractivity contribution < 1.29 is 13.9 Å². The van der Waals surface area contributed by atoms with Crippen LogP contribution in [0.25, 0.3) is 11.3 Å². The highest BCUT2D eigenvalue weighted by atomic mass is 19.1. The average molecular weight is 348 g/mol. The molecule has 0 saturated carbocycles. The highest BCUT2D eigenvalue weighted by Gasteiger charge is 2.18. The molecule has 0 unspecified atom stereocenters. The predicted molar refractivity (Wildman–Crippen MR) is 96.6 cm³/mol. The van der Waals surface area contributed by atoms with E-state index in [1.54, 1.807) is 13.2 Å². The number of methoxy groups -OCH3 is 1. The van der Waals surface area contributed by atoms with Gasteiger partial charge in [0.15, 0.2) is 5.78 Å². The van der Waals surface area contributed by atoms with Crippen molar-refractivity contribution in [2.75, 3.05) is 7.11 Å². The topological polar surface area (TPSA) is 55.0 Å². The van der Waals surface area contributed by atoms with Crippen molar-refractivity contribution in [1.82, 2.24) is 4.57 Å². The van der Waals surface area contributed by atoms with Crippen LogP contribution in [0.15, 0.2) is 54.6 Å². The van der Waals surface area contributed by atoms with Gasteiger partial charge in [0.25, 0.3) is 0 Å². The van der Waals surface area contributed by atoms with E-state index in [4.69, 9.17) is 4.74 Å². The number of aryl methyl sites for hydroxylation is 1. The van der Waals surface area contributed by atoms with Crippen molar-refractivity contribution in [2.45, 2.75) is 13.5 Å². The van der Waals surface area contributed by atoms with E-state index in [1.807, 2.05) is 35.8 Å². The first kappa shape index (κ1) is 17.4. The molecule has 0 saturated heterocycles. The zero-order valence-electron chi connectivity index (χ0n) is 14.5. The van der Waals surface area contributed by atoms with Crippen LogP contribution in [0.2, 0.25) is 0 Å². The molecule has 0 aliphatic heterocycles. The van der Waals surface area contributed by atoms with Crippen LogP contribution < -0.4 is 4.74 Å². The van der Waals surface area contributed by atoms with Crippen molar-refractivity contribution in [3.8, 4) is 23.1 Å². The van der Waals surface area contributed by atoms with E-state index in [1.165, 1.54) is 24.3 Å². The molecule has 0 bridgehead atoms. The molecule has 0 N–H and O–H groups in total. The van der Waals surface area contributed by atoms with Crippen LogP contribution in [-0.4, -0.2) is 17.5 Å². The Labute approximate surface area is 151 Å². The first-order valence-electron chi connectivity index (χ1n) is 8.07. The van der Waals surface area contributed by atoms with E-state index in [9.17, 15) is 14.4 Å². The summed E-state index contributed by atoms with van der Waals surface area (Å²) in [6.45, 7) is 1.92. The van der Waals surface area contributed by atoms with Crippen LogP contribution in [0.5, 0.6) is 5.75 Å². The number of hydrogen-bond acceptors (Lipinski definition) is 3. The zero-order chi connectivity index (χ0) is 18.7. The average Bonchev–Trinajstić information content (AvgIpc) is 2.98. The molecule has 0 amide bonds. The normalized spacial score (nSPS) is 10.4. The fourth-order valence-electron chi connectivity index (χ4n) is 2.90. The summed E-state index contributed by atoms with van der Waals surface area (Å²) < 4.78 is 20.1. The number of rotatable bonds is 5. The second kappa shape index (κ2) is 7.24. The third-order valence-electron chi connectivity index (χ3n) is 4.26. The maximum atomic E-state index is 13.1. The Morgan fingerprint density at radius 2 is 1.81 bits per heavy atom. The maximum absolute atomic E-state index is 13.1. The Bertz CT molecular complexity index is 981. The van der Waals surface area contributed by atoms with Gasteiger partial charge >= 0.3 is 0 Å². The molecule has 26 heavy (non-hydrogen) atoms. The molecule has 3 rings (SSSR count). The lowest BCUT2D eigenvalue weighted by atomic mass is 10.1. The largest absolute Gasteiger partial charge is 0.497 e. The van der Waals surface area contributed by atoms with Crippen LogP contribution in [0.4, 0.5) is 4.39 Å². The summed E-state index contributed by atoms with van der Waals surface area (Å²) in [5, 5.41) is 9.49. The van der Waals surface area contributed by atoms with E-state index in [2.05, 4.69) is 6.07 Å². The molecule has 4 nitrogen and oxygen atoms in total. The standard InChI is InChI=1S/C21H17FN2O2/c1-14-11-17(12-23)21(16-5-9-19(26-2)10-6-16)24(14)13-20(25)15-3-7-18(22)8-4-15/h3-11H,13H2,1-2H3. The summed E-state index contributed by atoms with van der Waals surface area (Å²) in [4.78, 5) is 12.6. The number of halogens is 1. The number of ether oxygens (including phenoxy) is 1. The van der Waals surface area contributed by atoms with Crippen LogP contribution >= 0.6 is 0 Å². The molecule has 5 heteroatoms. The Morgan fingerprint density at radius 3 is 2.38 bits per heavy atom. The summed E-state index contributed by atoms with van der Waals surface area (Å²) in [7, 11) is 1.59. The molecule has 0 spiro atoms. The Morgan fingerprint density at radius 1 is 1.15 bits per heavy atom. The van der Waals surface area contributed by atoms with Gasteiger partial charge in [-0.1, -0.05) is 0 Å². The Hall–Kier alpha value is -3.39. The molecule has 0 radical (unpaired) electrons. The lowest BCUT2D eigenvalue weighted by molar-refractivity contribution is 0.0972. The van der Waals surface area contributed by atoms with Gasteiger partial charge in [-0.3, -0.25) is 4.79 Å². The molecular formula is C21H17FN2O2. The van der Waals surface area contributed by atoms with Crippen molar-refractivity contribution >= 4 is 5.78 Å². The lowest BCUT2D eigenvalue weighted by Gasteiger charge is -2.12. The number of benzene rings is 2. The van der Waals surface area contributed by atoms with Crippen LogP contribution in [0.1, 0.15) is 21.6 Å². The number of nitrogens with zero attached hydrogens (tertiary/aromatic N) is 2. The molecule has 0 atom stereocenters. The smallest absolute Gasteiger partial charge is 0.182 e. The number of Topliss-reactive ketones (excluding diaryl/α,β-unsaturated/α-hetero) is 1. The van der Waals surface area contributed by atoms with E-state index in [-0.39, 0.29) is 18.1 Å². The molecule has 130 valence electrons. The van der Waals surface area contributed by atoms with Gasteiger partial charge in [-0.05, 0) is 67.1 Å². The molecule has 0 aliphatic carbocycles. The Balaban J connectivity index is 2.01. The van der Waals surface area contributed by atoms with Crippen molar-refractivity contribution in [3.63, 3.8) is 0 Å². The zero-order valence-corrected chi connectivity index (χ0v) is 14.5. The molecule has 1 heterocycles. The van der Waals surface area contributed by atoms with Crippen molar-refractivity contribution in [2.24, 2.45) is 0 Å². The van der Waals surface area contributed by atoms with E-state index >= 15 is 0 Å². The third-order valence-corrected chi connectivity index (χ3v) is 4.26. The lowest BCUT2D eigenvalue weighted by Crippen LogP contribution is -2.13. The van der Waals surface area contributed by atoms with Gasteiger partial charge in [-0.25, -0.2) is 4.39 Å². The van der Waals surface area contributed by atoms with Gasteiger partial charge < -0.3 is 9.30 Å². The number of ketones is 1. The minimum absolute atomic E-state index is 0.0699. The minimum Gasteiger partial charge on any atom is -0.497 e. The van der Waals surface area contributed by atoms with Gasteiger partial charge in [-0.15, -0.1) is 0 Å². The number of aromatic nitrogens is 1. The maximum Gasteiger partial charge on any atom is 0.182 e. The van der Waals surface area contributed by atoms with Crippen molar-refractivity contribution in [1.29, 1.82) is 5.26 Å². The van der Waals surface area contributed by atoms with Gasteiger partial charge in [0.1, 0.15) is 17.6 Å². The van der Waals surface area contributed by atoms with Crippen LogP contribution in [0, 0.1) is 24.1 Å². The highest BCUT2D eigenvalue weighted by Crippen LogP contribution is 2.29. The number of carbonyl (C=O) groups excluding carboxylic acids is 1. The number of hydrogen-bond donors (Lipinski definition) is 0. The molecular weight excluding hydrogens is 331 g/mol. The summed E-state index contributed by atoms with van der Waals surface area (Å²) in [6, 6.07) is 16.7. The van der Waals surface area contributed by atoms with Gasteiger partial charge in [0.05, 0.1) is 24.9 Å². The fraction of sp³-hybridized carbons (Fsp3) is 0.143. The first-order valence-corrected chi connectivity index (χ1v) is 8.07. The molecule has 2 aromatic carbocycles. The summed E-state index contributed by atoms with van der Waals surface area (Å²) in [6.07, 6.45) is 0. The monoisotopic (exact) mass is 348 g/mol. The van der Waals surface area contributed by atoms with E-state index in [0.29, 0.717) is 22.6 Å². The van der Waals surface area contributed by atoms with Gasteiger partial charge in [-0.2, -0.15) is 5.26 Å². The highest BCUT2D eigenvalue weighted by molar-refractivity contribution is 5.96. The second-order valence-electron chi connectivity index (χ2n) is 5.90. The quantitative estimate of drug-likeness (QED) is 0.644. The molecule has 0 aliphatic rings. The van der Waals surface area contributed by atoms with E-state index in [0.717, 1.165) is 11.3 Å². The molecule has 1 aromatic heterocycles. The van der Waals surface area contributed by atoms with E-state index < -0.39 is 0 Å². The summed E-state index contributed by atoms with van der Waals surface area (Å²) in [5.74, 6) is 0.178. The van der Waals surface area contributed by atoms with Gasteiger partial charge in [0.2, 0.25) is 0 Å². The minimum atomic E-state index is -0.385. The summed E-state index contributed by atoms with van der Waals surface area (Å²) >= 11 is 0.